The molecule has 0 aliphatic rings. The van der Waals surface area contributed by atoms with Gasteiger partial charge < -0.3 is 14.4 Å². The van der Waals surface area contributed by atoms with E-state index in [-0.39, 0.29) is 6.61 Å². The standard InChI is InChI=1S/C6H11NO4.C3H4N2O/c1-2-3-4-11-6(10)7-5(8)9;1-3-4-2-5-6-3/h2-4H2,1H3,(H,7,10)(H,8,9);2H,1H3. The van der Waals surface area contributed by atoms with Crippen molar-refractivity contribution in [2.24, 2.45) is 0 Å². The third-order valence-corrected chi connectivity index (χ3v) is 1.41. The Morgan fingerprint density at radius 2 is 2.29 bits per heavy atom. The van der Waals surface area contributed by atoms with Crippen LogP contribution in [0, 0.1) is 6.92 Å². The van der Waals surface area contributed by atoms with Gasteiger partial charge in [-0.1, -0.05) is 18.5 Å². The van der Waals surface area contributed by atoms with Crippen molar-refractivity contribution in [2.75, 3.05) is 6.61 Å². The molecular formula is C9H15N3O5. The van der Waals surface area contributed by atoms with Gasteiger partial charge in [-0.2, -0.15) is 4.98 Å². The van der Waals surface area contributed by atoms with Crippen molar-refractivity contribution in [3.8, 4) is 0 Å². The van der Waals surface area contributed by atoms with E-state index in [4.69, 9.17) is 5.11 Å². The lowest BCUT2D eigenvalue weighted by molar-refractivity contribution is 0.139. The Bertz CT molecular complexity index is 325. The number of rotatable bonds is 3. The molecule has 0 aromatic carbocycles. The molecule has 1 heterocycles. The van der Waals surface area contributed by atoms with Crippen LogP contribution in [-0.4, -0.2) is 34.0 Å². The highest BCUT2D eigenvalue weighted by atomic mass is 16.6. The minimum atomic E-state index is -1.40. The summed E-state index contributed by atoms with van der Waals surface area (Å²) in [5, 5.41) is 12.9. The summed E-state index contributed by atoms with van der Waals surface area (Å²) in [6.07, 6.45) is 0.709. The van der Waals surface area contributed by atoms with Gasteiger partial charge in [0.25, 0.3) is 0 Å². The molecule has 0 radical (unpaired) electrons. The molecular weight excluding hydrogens is 230 g/mol. The summed E-state index contributed by atoms with van der Waals surface area (Å²) in [5.41, 5.74) is 0. The molecule has 0 bridgehead atoms. The number of nitrogens with one attached hydrogen (secondary N) is 1. The molecule has 0 aliphatic heterocycles. The number of hydrogen-bond donors (Lipinski definition) is 2. The zero-order valence-corrected chi connectivity index (χ0v) is 9.67. The molecule has 17 heavy (non-hydrogen) atoms. The molecule has 2 amide bonds. The number of imide groups is 1. The fourth-order valence-corrected chi connectivity index (χ4v) is 0.661. The Morgan fingerprint density at radius 3 is 2.65 bits per heavy atom. The van der Waals surface area contributed by atoms with Gasteiger partial charge in [0.1, 0.15) is 0 Å². The van der Waals surface area contributed by atoms with Crippen LogP contribution in [0.5, 0.6) is 0 Å². The predicted molar refractivity (Wildman–Crippen MR) is 56.5 cm³/mol. The van der Waals surface area contributed by atoms with E-state index in [0.717, 1.165) is 12.8 Å². The van der Waals surface area contributed by atoms with Crippen molar-refractivity contribution in [3.05, 3.63) is 12.2 Å². The molecule has 1 rings (SSSR count). The van der Waals surface area contributed by atoms with E-state index in [2.05, 4.69) is 19.4 Å². The number of nitrogens with zero attached hydrogens (tertiary/aromatic N) is 2. The van der Waals surface area contributed by atoms with Crippen LogP contribution >= 0.6 is 0 Å². The molecule has 2 N–H and O–H groups in total. The number of ether oxygens (including phenoxy) is 1. The highest BCUT2D eigenvalue weighted by Crippen LogP contribution is 1.87. The van der Waals surface area contributed by atoms with Crippen LogP contribution < -0.4 is 5.32 Å². The van der Waals surface area contributed by atoms with Crippen molar-refractivity contribution in [1.29, 1.82) is 0 Å². The second-order valence-electron chi connectivity index (χ2n) is 2.88. The molecule has 1 aromatic heterocycles. The number of amides is 2. The van der Waals surface area contributed by atoms with Gasteiger partial charge in [0, 0.05) is 6.92 Å². The molecule has 8 heteroatoms. The lowest BCUT2D eigenvalue weighted by atomic mass is 10.4. The number of carboxylic acid groups (broad SMARTS) is 1. The summed E-state index contributed by atoms with van der Waals surface area (Å²) in [6, 6.07) is 0. The summed E-state index contributed by atoms with van der Waals surface area (Å²) >= 11 is 0. The Kier molecular flexibility index (Phi) is 7.99. The van der Waals surface area contributed by atoms with Crippen molar-refractivity contribution in [3.63, 3.8) is 0 Å². The average molecular weight is 245 g/mol. The van der Waals surface area contributed by atoms with E-state index in [9.17, 15) is 9.59 Å². The highest BCUT2D eigenvalue weighted by molar-refractivity contribution is 5.86. The van der Waals surface area contributed by atoms with Crippen LogP contribution in [0.4, 0.5) is 9.59 Å². The molecule has 1 aromatic rings. The molecule has 0 aliphatic carbocycles. The van der Waals surface area contributed by atoms with Gasteiger partial charge in [-0.25, -0.2) is 14.9 Å². The third kappa shape index (κ3) is 10.2. The van der Waals surface area contributed by atoms with Gasteiger partial charge in [-0.05, 0) is 6.42 Å². The first-order chi connectivity index (χ1) is 8.06. The van der Waals surface area contributed by atoms with Crippen molar-refractivity contribution < 1.29 is 24.0 Å². The van der Waals surface area contributed by atoms with Crippen LogP contribution in [0.25, 0.3) is 0 Å². The number of aromatic nitrogens is 2. The van der Waals surface area contributed by atoms with E-state index in [1.807, 2.05) is 6.92 Å². The minimum Gasteiger partial charge on any atom is -0.465 e. The van der Waals surface area contributed by atoms with E-state index >= 15 is 0 Å². The number of carbonyl (C=O) groups is 2. The van der Waals surface area contributed by atoms with E-state index in [0.29, 0.717) is 5.89 Å². The molecule has 0 fully saturated rings. The summed E-state index contributed by atoms with van der Waals surface area (Å²) in [4.78, 5) is 23.9. The van der Waals surface area contributed by atoms with E-state index < -0.39 is 12.2 Å². The topological polar surface area (TPSA) is 115 Å². The van der Waals surface area contributed by atoms with E-state index in [1.165, 1.54) is 6.33 Å². The van der Waals surface area contributed by atoms with Crippen LogP contribution in [0.1, 0.15) is 25.7 Å². The highest BCUT2D eigenvalue weighted by Gasteiger charge is 2.04. The molecule has 0 atom stereocenters. The lowest BCUT2D eigenvalue weighted by Crippen LogP contribution is -2.29. The minimum absolute atomic E-state index is 0.260. The van der Waals surface area contributed by atoms with Crippen molar-refractivity contribution in [1.82, 2.24) is 15.5 Å². The molecule has 0 spiro atoms. The SMILES string of the molecule is CCCCOC(=O)NC(=O)O.Cc1ncno1. The maximum Gasteiger partial charge on any atom is 0.416 e. The largest absolute Gasteiger partial charge is 0.465 e. The first-order valence-corrected chi connectivity index (χ1v) is 4.96. The fraction of sp³-hybridized carbons (Fsp3) is 0.556. The lowest BCUT2D eigenvalue weighted by Gasteiger charge is -2.01. The summed E-state index contributed by atoms with van der Waals surface area (Å²) in [7, 11) is 0. The van der Waals surface area contributed by atoms with Crippen LogP contribution in [0.3, 0.4) is 0 Å². The smallest absolute Gasteiger partial charge is 0.416 e. The van der Waals surface area contributed by atoms with E-state index in [1.54, 1.807) is 12.2 Å². The summed E-state index contributed by atoms with van der Waals surface area (Å²) in [6.45, 7) is 3.95. The van der Waals surface area contributed by atoms with Crippen molar-refractivity contribution >= 4 is 12.2 Å². The molecule has 0 saturated heterocycles. The normalized spacial score (nSPS) is 8.82. The maximum atomic E-state index is 10.4. The number of aryl methyl sites for hydroxylation is 1. The molecule has 0 saturated carbocycles. The zero-order valence-electron chi connectivity index (χ0n) is 9.67. The van der Waals surface area contributed by atoms with Gasteiger partial charge in [0.05, 0.1) is 6.61 Å². The second kappa shape index (κ2) is 9.13. The number of carbonyl (C=O) groups excluding carboxylic acids is 1. The predicted octanol–water partition coefficient (Wildman–Crippen LogP) is 1.57. The van der Waals surface area contributed by atoms with Crippen LogP contribution in [0.15, 0.2) is 10.9 Å². The summed E-state index contributed by atoms with van der Waals surface area (Å²) < 4.78 is 8.93. The van der Waals surface area contributed by atoms with Gasteiger partial charge in [-0.3, -0.25) is 0 Å². The fourth-order valence-electron chi connectivity index (χ4n) is 0.661. The molecule has 96 valence electrons. The Labute approximate surface area is 98.0 Å². The molecule has 8 nitrogen and oxygen atoms in total. The van der Waals surface area contributed by atoms with Gasteiger partial charge in [0.15, 0.2) is 6.33 Å². The second-order valence-corrected chi connectivity index (χ2v) is 2.88. The first-order valence-electron chi connectivity index (χ1n) is 4.96. The quantitative estimate of drug-likeness (QED) is 0.776. The van der Waals surface area contributed by atoms with Gasteiger partial charge >= 0.3 is 12.2 Å². The Balaban J connectivity index is 0.000000354. The van der Waals surface area contributed by atoms with Gasteiger partial charge in [-0.15, -0.1) is 0 Å². The third-order valence-electron chi connectivity index (χ3n) is 1.41. The van der Waals surface area contributed by atoms with Crippen molar-refractivity contribution in [2.45, 2.75) is 26.7 Å². The van der Waals surface area contributed by atoms with Gasteiger partial charge in [0.2, 0.25) is 5.89 Å². The number of hydrogen-bond acceptors (Lipinski definition) is 6. The van der Waals surface area contributed by atoms with Crippen LogP contribution in [0.2, 0.25) is 0 Å². The first kappa shape index (κ1) is 14.9. The monoisotopic (exact) mass is 245 g/mol. The average Bonchev–Trinajstić information content (AvgIpc) is 2.69. The summed E-state index contributed by atoms with van der Waals surface area (Å²) in [5.74, 6) is 0.606. The Hall–Kier alpha value is -2.12. The zero-order chi connectivity index (χ0) is 13.1. The maximum absolute atomic E-state index is 10.4. The Morgan fingerprint density at radius 1 is 1.59 bits per heavy atom. The molecule has 0 unspecified atom stereocenters. The van der Waals surface area contributed by atoms with Crippen LogP contribution in [-0.2, 0) is 4.74 Å². The number of unbranched alkanes of at least 4 members (excludes halogenated alkanes) is 1. The number of alkyl carbamates (subject to hydrolysis) is 1.